The van der Waals surface area contributed by atoms with Crippen LogP contribution in [0.5, 0.6) is 5.75 Å². The third-order valence-electron chi connectivity index (χ3n) is 6.58. The number of hydrogen-bond donors (Lipinski definition) is 1. The van der Waals surface area contributed by atoms with Crippen LogP contribution in [0.2, 0.25) is 0 Å². The van der Waals surface area contributed by atoms with Gasteiger partial charge in [-0.3, -0.25) is 4.90 Å². The van der Waals surface area contributed by atoms with E-state index in [4.69, 9.17) is 4.74 Å². The summed E-state index contributed by atoms with van der Waals surface area (Å²) in [6.07, 6.45) is 1.62. The summed E-state index contributed by atoms with van der Waals surface area (Å²) in [6.45, 7) is 3.08. The summed E-state index contributed by atoms with van der Waals surface area (Å²) < 4.78 is 5.46. The molecule has 2 aliphatic rings. The number of benzene rings is 2. The summed E-state index contributed by atoms with van der Waals surface area (Å²) in [6, 6.07) is 15.8. The number of ether oxygens (including phenoxy) is 1. The monoisotopic (exact) mass is 348 g/mol. The molecule has 4 nitrogen and oxygen atoms in total. The van der Waals surface area contributed by atoms with Gasteiger partial charge in [-0.05, 0) is 67.4 Å². The van der Waals surface area contributed by atoms with Crippen LogP contribution in [-0.4, -0.2) is 36.8 Å². The van der Waals surface area contributed by atoms with Crippen LogP contribution in [-0.2, 0) is 17.4 Å². The number of methoxy groups -OCH3 is 1. The molecule has 26 heavy (non-hydrogen) atoms. The molecule has 1 aliphatic heterocycles. The van der Waals surface area contributed by atoms with E-state index in [2.05, 4.69) is 37.1 Å². The van der Waals surface area contributed by atoms with E-state index in [-0.39, 0.29) is 6.04 Å². The second-order valence-electron chi connectivity index (χ2n) is 7.76. The molecule has 1 N–H and O–H groups in total. The molecule has 3 atom stereocenters. The van der Waals surface area contributed by atoms with Crippen molar-refractivity contribution >= 4 is 0 Å². The van der Waals surface area contributed by atoms with Crippen LogP contribution in [0.1, 0.15) is 35.6 Å². The van der Waals surface area contributed by atoms with E-state index in [0.29, 0.717) is 5.56 Å². The molecule has 2 aromatic rings. The highest BCUT2D eigenvalue weighted by Gasteiger charge is 2.60. The lowest BCUT2D eigenvalue weighted by Gasteiger charge is -2.60. The fourth-order valence-electron chi connectivity index (χ4n) is 5.00. The number of aliphatic hydroxyl groups is 1. The lowest BCUT2D eigenvalue weighted by molar-refractivity contribution is -0.141. The molecular weight excluding hydrogens is 324 g/mol. The fourth-order valence-corrected chi connectivity index (χ4v) is 5.00. The number of likely N-dealkylation sites (N-methyl/N-ethyl adjacent to an activating group) is 1. The van der Waals surface area contributed by atoms with Crippen molar-refractivity contribution in [1.82, 2.24) is 4.90 Å². The van der Waals surface area contributed by atoms with Crippen LogP contribution < -0.4 is 4.74 Å². The van der Waals surface area contributed by atoms with Crippen LogP contribution in [0.15, 0.2) is 42.5 Å². The van der Waals surface area contributed by atoms with Gasteiger partial charge in [-0.15, -0.1) is 0 Å². The second kappa shape index (κ2) is 5.84. The van der Waals surface area contributed by atoms with Crippen molar-refractivity contribution in [3.05, 3.63) is 64.7 Å². The number of nitrogens with zero attached hydrogens (tertiary/aromatic N) is 2. The zero-order valence-electron chi connectivity index (χ0n) is 15.5. The van der Waals surface area contributed by atoms with Crippen molar-refractivity contribution in [2.24, 2.45) is 0 Å². The van der Waals surface area contributed by atoms with Crippen LogP contribution >= 0.6 is 0 Å². The zero-order valence-corrected chi connectivity index (χ0v) is 15.5. The first-order chi connectivity index (χ1) is 12.4. The summed E-state index contributed by atoms with van der Waals surface area (Å²) in [7, 11) is 3.75. The summed E-state index contributed by atoms with van der Waals surface area (Å²) in [5, 5.41) is 21.5. The molecule has 0 aromatic heterocycles. The number of likely N-dealkylation sites (tertiary alicyclic amines) is 1. The number of nitriles is 1. The molecule has 4 rings (SSSR count). The van der Waals surface area contributed by atoms with Gasteiger partial charge in [-0.25, -0.2) is 0 Å². The van der Waals surface area contributed by atoms with E-state index in [9.17, 15) is 10.4 Å². The van der Waals surface area contributed by atoms with Gasteiger partial charge in [0.05, 0.1) is 18.7 Å². The minimum absolute atomic E-state index is 0.0314. The fraction of sp³-hybridized carbons (Fsp3) is 0.409. The minimum Gasteiger partial charge on any atom is -0.497 e. The number of fused-ring (bicyclic) bond motifs is 4. The zero-order chi connectivity index (χ0) is 18.5. The number of rotatable bonds is 2. The Morgan fingerprint density at radius 1 is 1.27 bits per heavy atom. The van der Waals surface area contributed by atoms with E-state index in [0.717, 1.165) is 36.3 Å². The molecule has 0 radical (unpaired) electrons. The van der Waals surface area contributed by atoms with Crippen LogP contribution in [0.4, 0.5) is 0 Å². The third kappa shape index (κ3) is 2.14. The highest BCUT2D eigenvalue weighted by Crippen LogP contribution is 2.56. The molecule has 0 saturated carbocycles. The van der Waals surface area contributed by atoms with Crippen molar-refractivity contribution in [1.29, 1.82) is 5.26 Å². The third-order valence-corrected chi connectivity index (χ3v) is 6.58. The average Bonchev–Trinajstić information content (AvgIpc) is 2.67. The van der Waals surface area contributed by atoms with Gasteiger partial charge in [-0.2, -0.15) is 5.26 Å². The predicted molar refractivity (Wildman–Crippen MR) is 100 cm³/mol. The number of hydrogen-bond acceptors (Lipinski definition) is 4. The topological polar surface area (TPSA) is 56.5 Å². The van der Waals surface area contributed by atoms with Crippen molar-refractivity contribution in [2.75, 3.05) is 20.7 Å². The van der Waals surface area contributed by atoms with Gasteiger partial charge in [0.2, 0.25) is 0 Å². The molecule has 1 heterocycles. The van der Waals surface area contributed by atoms with Crippen LogP contribution in [0.25, 0.3) is 0 Å². The average molecular weight is 348 g/mol. The normalized spacial score (nSPS) is 30.3. The molecule has 1 aliphatic carbocycles. The first-order valence-electron chi connectivity index (χ1n) is 9.04. The lowest BCUT2D eigenvalue weighted by Crippen LogP contribution is -2.67. The van der Waals surface area contributed by atoms with Gasteiger partial charge >= 0.3 is 0 Å². The van der Waals surface area contributed by atoms with E-state index >= 15 is 0 Å². The van der Waals surface area contributed by atoms with Gasteiger partial charge in [0.15, 0.2) is 0 Å². The molecule has 1 saturated heterocycles. The Morgan fingerprint density at radius 3 is 2.81 bits per heavy atom. The molecular formula is C22H24N2O2. The molecule has 2 bridgehead atoms. The first kappa shape index (κ1) is 17.1. The Labute approximate surface area is 154 Å². The maximum Gasteiger partial charge on any atom is 0.119 e. The van der Waals surface area contributed by atoms with Gasteiger partial charge in [0.1, 0.15) is 11.4 Å². The van der Waals surface area contributed by atoms with Gasteiger partial charge in [0, 0.05) is 11.5 Å². The summed E-state index contributed by atoms with van der Waals surface area (Å²) in [5.41, 5.74) is 2.32. The summed E-state index contributed by atoms with van der Waals surface area (Å²) in [4.78, 5) is 2.26. The van der Waals surface area contributed by atoms with Gasteiger partial charge in [0.25, 0.3) is 0 Å². The SMILES string of the molecule is COc1ccc2c(c1)[C@]1(C)CCN(C)[C@H](C2)C1(O)c1cccc(C#N)c1. The molecule has 2 aromatic carbocycles. The maximum atomic E-state index is 12.2. The Bertz CT molecular complexity index is 903. The van der Waals surface area contributed by atoms with Crippen LogP contribution in [0, 0.1) is 11.3 Å². The van der Waals surface area contributed by atoms with Gasteiger partial charge < -0.3 is 9.84 Å². The molecule has 1 unspecified atom stereocenters. The van der Waals surface area contributed by atoms with E-state index in [1.807, 2.05) is 24.3 Å². The Morgan fingerprint density at radius 2 is 2.08 bits per heavy atom. The van der Waals surface area contributed by atoms with E-state index < -0.39 is 11.0 Å². The number of piperidine rings is 1. The second-order valence-corrected chi connectivity index (χ2v) is 7.76. The standard InChI is InChI=1S/C22H24N2O2/c1-21-9-10-24(2)20(12-16-7-8-18(26-3)13-19(16)21)22(21,25)17-6-4-5-15(11-17)14-23/h4-8,11,13,20,25H,9-10,12H2,1-3H3/t20-,21+,22?/m1/s1. The van der Waals surface area contributed by atoms with Crippen molar-refractivity contribution in [3.63, 3.8) is 0 Å². The molecule has 0 spiro atoms. The van der Waals surface area contributed by atoms with E-state index in [1.54, 1.807) is 13.2 Å². The minimum atomic E-state index is -1.06. The predicted octanol–water partition coefficient (Wildman–Crippen LogP) is 2.97. The Hall–Kier alpha value is -2.35. The summed E-state index contributed by atoms with van der Waals surface area (Å²) >= 11 is 0. The highest BCUT2D eigenvalue weighted by atomic mass is 16.5. The molecule has 0 amide bonds. The Kier molecular flexibility index (Phi) is 3.83. The lowest BCUT2D eigenvalue weighted by atomic mass is 9.53. The van der Waals surface area contributed by atoms with Crippen molar-refractivity contribution in [2.45, 2.75) is 36.8 Å². The van der Waals surface area contributed by atoms with Crippen LogP contribution in [0.3, 0.4) is 0 Å². The van der Waals surface area contributed by atoms with Crippen molar-refractivity contribution < 1.29 is 9.84 Å². The molecule has 1 fully saturated rings. The van der Waals surface area contributed by atoms with Gasteiger partial charge in [-0.1, -0.05) is 25.1 Å². The molecule has 134 valence electrons. The smallest absolute Gasteiger partial charge is 0.119 e. The quantitative estimate of drug-likeness (QED) is 0.906. The Balaban J connectivity index is 1.97. The molecule has 4 heteroatoms. The first-order valence-corrected chi connectivity index (χ1v) is 9.04. The largest absolute Gasteiger partial charge is 0.497 e. The highest BCUT2D eigenvalue weighted by molar-refractivity contribution is 5.51. The van der Waals surface area contributed by atoms with E-state index in [1.165, 1.54) is 5.56 Å². The maximum absolute atomic E-state index is 12.2. The van der Waals surface area contributed by atoms with Crippen molar-refractivity contribution in [3.8, 4) is 11.8 Å². The summed E-state index contributed by atoms with van der Waals surface area (Å²) in [5.74, 6) is 0.815.